The summed E-state index contributed by atoms with van der Waals surface area (Å²) in [6, 6.07) is 7.76. The van der Waals surface area contributed by atoms with Crippen LogP contribution in [0.25, 0.3) is 10.9 Å². The zero-order chi connectivity index (χ0) is 12.5. The van der Waals surface area contributed by atoms with E-state index in [1.165, 1.54) is 0 Å². The maximum atomic E-state index is 10.7. The first-order valence-electron chi connectivity index (χ1n) is 5.77. The van der Waals surface area contributed by atoms with E-state index in [0.717, 1.165) is 29.4 Å². The van der Waals surface area contributed by atoms with Crippen LogP contribution in [0.4, 0.5) is 0 Å². The Morgan fingerprint density at radius 2 is 2.22 bits per heavy atom. The summed E-state index contributed by atoms with van der Waals surface area (Å²) in [5.74, 6) is 0. The van der Waals surface area contributed by atoms with Gasteiger partial charge in [-0.1, -0.05) is 0 Å². The van der Waals surface area contributed by atoms with Crippen LogP contribution in [0, 0.1) is 0 Å². The van der Waals surface area contributed by atoms with Gasteiger partial charge in [-0.2, -0.15) is 0 Å². The highest BCUT2D eigenvalue weighted by Crippen LogP contribution is 2.18. The number of nitrogens with zero attached hydrogens (tertiary/aromatic N) is 3. The van der Waals surface area contributed by atoms with Crippen molar-refractivity contribution in [3.8, 4) is 0 Å². The summed E-state index contributed by atoms with van der Waals surface area (Å²) in [6.45, 7) is 0.778. The van der Waals surface area contributed by atoms with Crippen LogP contribution >= 0.6 is 0 Å². The zero-order valence-corrected chi connectivity index (χ0v) is 10.1. The van der Waals surface area contributed by atoms with Crippen LogP contribution in [-0.2, 0) is 13.6 Å². The Morgan fingerprint density at radius 3 is 2.94 bits per heavy atom. The van der Waals surface area contributed by atoms with E-state index < -0.39 is 0 Å². The van der Waals surface area contributed by atoms with E-state index in [2.05, 4.69) is 9.55 Å². The van der Waals surface area contributed by atoms with E-state index in [0.29, 0.717) is 5.56 Å². The molecule has 0 saturated carbocycles. The molecule has 2 aromatic heterocycles. The van der Waals surface area contributed by atoms with E-state index in [1.54, 1.807) is 6.33 Å². The smallest absolute Gasteiger partial charge is 0.150 e. The molecular weight excluding hydrogens is 226 g/mol. The quantitative estimate of drug-likeness (QED) is 0.657. The number of hydrogen-bond acceptors (Lipinski definition) is 2. The SMILES string of the molecule is Cn1cncc1Cn1ccc2cc(C=O)ccc21. The Kier molecular flexibility index (Phi) is 2.48. The number of aldehydes is 1. The second kappa shape index (κ2) is 4.14. The van der Waals surface area contributed by atoms with Crippen LogP contribution in [0.1, 0.15) is 16.1 Å². The normalized spacial score (nSPS) is 10.9. The third-order valence-corrected chi connectivity index (χ3v) is 3.18. The minimum absolute atomic E-state index is 0.709. The zero-order valence-electron chi connectivity index (χ0n) is 10.1. The molecule has 0 fully saturated rings. The Balaban J connectivity index is 2.03. The van der Waals surface area contributed by atoms with Crippen molar-refractivity contribution in [3.63, 3.8) is 0 Å². The second-order valence-corrected chi connectivity index (χ2v) is 4.38. The van der Waals surface area contributed by atoms with Crippen molar-refractivity contribution < 1.29 is 4.79 Å². The van der Waals surface area contributed by atoms with Crippen molar-refractivity contribution in [2.75, 3.05) is 0 Å². The molecular formula is C14H13N3O. The van der Waals surface area contributed by atoms with Gasteiger partial charge in [0, 0.05) is 35.9 Å². The third-order valence-electron chi connectivity index (χ3n) is 3.18. The van der Waals surface area contributed by atoms with Gasteiger partial charge >= 0.3 is 0 Å². The predicted octanol–water partition coefficient (Wildman–Crippen LogP) is 2.24. The first-order chi connectivity index (χ1) is 8.78. The van der Waals surface area contributed by atoms with Crippen LogP contribution in [0.3, 0.4) is 0 Å². The summed E-state index contributed by atoms with van der Waals surface area (Å²) in [5, 5.41) is 1.08. The van der Waals surface area contributed by atoms with Crippen LogP contribution in [0.15, 0.2) is 43.0 Å². The predicted molar refractivity (Wildman–Crippen MR) is 69.6 cm³/mol. The Bertz CT molecular complexity index is 709. The number of aromatic nitrogens is 3. The molecule has 4 heteroatoms. The Hall–Kier alpha value is -2.36. The molecule has 2 heterocycles. The minimum Gasteiger partial charge on any atom is -0.341 e. The number of carbonyl (C=O) groups is 1. The van der Waals surface area contributed by atoms with E-state index in [4.69, 9.17) is 0 Å². The monoisotopic (exact) mass is 239 g/mol. The summed E-state index contributed by atoms with van der Waals surface area (Å²) in [4.78, 5) is 14.9. The molecule has 0 aliphatic carbocycles. The summed E-state index contributed by atoms with van der Waals surface area (Å²) in [6.07, 6.45) is 6.57. The fraction of sp³-hybridized carbons (Fsp3) is 0.143. The largest absolute Gasteiger partial charge is 0.341 e. The number of carbonyl (C=O) groups excluding carboxylic acids is 1. The lowest BCUT2D eigenvalue weighted by Gasteiger charge is -2.06. The van der Waals surface area contributed by atoms with Gasteiger partial charge in [-0.15, -0.1) is 0 Å². The molecule has 0 atom stereocenters. The highest BCUT2D eigenvalue weighted by molar-refractivity contribution is 5.87. The summed E-state index contributed by atoms with van der Waals surface area (Å²) in [5.41, 5.74) is 2.98. The fourth-order valence-corrected chi connectivity index (χ4v) is 2.14. The van der Waals surface area contributed by atoms with Crippen LogP contribution in [-0.4, -0.2) is 20.4 Å². The van der Waals surface area contributed by atoms with Gasteiger partial charge in [0.2, 0.25) is 0 Å². The van der Waals surface area contributed by atoms with Crippen LogP contribution in [0.5, 0.6) is 0 Å². The lowest BCUT2D eigenvalue weighted by molar-refractivity contribution is 0.112. The number of hydrogen-bond donors (Lipinski definition) is 0. The fourth-order valence-electron chi connectivity index (χ4n) is 2.14. The van der Waals surface area contributed by atoms with Crippen LogP contribution in [0.2, 0.25) is 0 Å². The standard InChI is InChI=1S/C14H13N3O/c1-16-10-15-7-13(16)8-17-5-4-12-6-11(9-18)2-3-14(12)17/h2-7,9-10H,8H2,1H3. The molecule has 3 rings (SSSR count). The van der Waals surface area contributed by atoms with Crippen molar-refractivity contribution in [3.05, 3.63) is 54.2 Å². The molecule has 1 aromatic carbocycles. The first kappa shape index (κ1) is 10.8. The highest BCUT2D eigenvalue weighted by Gasteiger charge is 2.04. The van der Waals surface area contributed by atoms with E-state index >= 15 is 0 Å². The Morgan fingerprint density at radius 1 is 1.33 bits per heavy atom. The molecule has 4 nitrogen and oxygen atoms in total. The van der Waals surface area contributed by atoms with Gasteiger partial charge in [-0.25, -0.2) is 4.98 Å². The number of benzene rings is 1. The number of aryl methyl sites for hydroxylation is 1. The molecule has 0 saturated heterocycles. The molecule has 0 aliphatic heterocycles. The van der Waals surface area contributed by atoms with Gasteiger partial charge < -0.3 is 9.13 Å². The molecule has 18 heavy (non-hydrogen) atoms. The lowest BCUT2D eigenvalue weighted by atomic mass is 10.2. The van der Waals surface area contributed by atoms with Crippen LogP contribution < -0.4 is 0 Å². The molecule has 90 valence electrons. The summed E-state index contributed by atoms with van der Waals surface area (Å²) < 4.78 is 4.16. The average molecular weight is 239 g/mol. The van der Waals surface area contributed by atoms with Gasteiger partial charge in [0.25, 0.3) is 0 Å². The first-order valence-corrected chi connectivity index (χ1v) is 5.77. The minimum atomic E-state index is 0.709. The van der Waals surface area contributed by atoms with Gasteiger partial charge in [-0.05, 0) is 24.3 Å². The molecule has 0 N–H and O–H groups in total. The maximum Gasteiger partial charge on any atom is 0.150 e. The summed E-state index contributed by atoms with van der Waals surface area (Å²) >= 11 is 0. The van der Waals surface area contributed by atoms with Gasteiger partial charge in [0.15, 0.2) is 0 Å². The second-order valence-electron chi connectivity index (χ2n) is 4.38. The van der Waals surface area contributed by atoms with Crippen molar-refractivity contribution in [2.24, 2.45) is 7.05 Å². The molecule has 0 bridgehead atoms. The van der Waals surface area contributed by atoms with Gasteiger partial charge in [-0.3, -0.25) is 4.79 Å². The lowest BCUT2D eigenvalue weighted by Crippen LogP contribution is -2.02. The number of imidazole rings is 1. The topological polar surface area (TPSA) is 39.8 Å². The number of fused-ring (bicyclic) bond motifs is 1. The molecule has 0 radical (unpaired) electrons. The maximum absolute atomic E-state index is 10.7. The summed E-state index contributed by atoms with van der Waals surface area (Å²) in [7, 11) is 1.98. The van der Waals surface area contributed by atoms with E-state index in [1.807, 2.05) is 48.3 Å². The Labute approximate surface area is 104 Å². The van der Waals surface area contributed by atoms with E-state index in [9.17, 15) is 4.79 Å². The number of rotatable bonds is 3. The third kappa shape index (κ3) is 1.72. The average Bonchev–Trinajstić information content (AvgIpc) is 2.97. The molecule has 0 amide bonds. The molecule has 0 aliphatic rings. The van der Waals surface area contributed by atoms with Gasteiger partial charge in [0.1, 0.15) is 6.29 Å². The molecule has 0 spiro atoms. The van der Waals surface area contributed by atoms with E-state index in [-0.39, 0.29) is 0 Å². The van der Waals surface area contributed by atoms with Crippen molar-refractivity contribution in [1.82, 2.24) is 14.1 Å². The van der Waals surface area contributed by atoms with Gasteiger partial charge in [0.05, 0.1) is 18.6 Å². The highest BCUT2D eigenvalue weighted by atomic mass is 16.1. The molecule has 3 aromatic rings. The molecule has 0 unspecified atom stereocenters. The van der Waals surface area contributed by atoms with Crippen molar-refractivity contribution in [1.29, 1.82) is 0 Å². The van der Waals surface area contributed by atoms with Crippen molar-refractivity contribution in [2.45, 2.75) is 6.54 Å². The van der Waals surface area contributed by atoms with Crippen molar-refractivity contribution >= 4 is 17.2 Å².